The third kappa shape index (κ3) is 2.10. The van der Waals surface area contributed by atoms with Gasteiger partial charge < -0.3 is 0 Å². The zero-order valence-electron chi connectivity index (χ0n) is 9.91. The van der Waals surface area contributed by atoms with E-state index in [1.807, 2.05) is 12.1 Å². The molecule has 0 spiro atoms. The third-order valence-electron chi connectivity index (χ3n) is 3.47. The second-order valence-electron chi connectivity index (χ2n) is 4.86. The number of hydrogen-bond donors (Lipinski definition) is 0. The number of benzene rings is 2. The van der Waals surface area contributed by atoms with Crippen molar-refractivity contribution in [3.05, 3.63) is 59.4 Å². The summed E-state index contributed by atoms with van der Waals surface area (Å²) < 4.78 is 12.9. The van der Waals surface area contributed by atoms with E-state index in [2.05, 4.69) is 25.1 Å². The molecule has 0 aliphatic heterocycles. The van der Waals surface area contributed by atoms with E-state index in [-0.39, 0.29) is 5.82 Å². The van der Waals surface area contributed by atoms with E-state index < -0.39 is 0 Å². The highest BCUT2D eigenvalue weighted by atomic mass is 19.1. The van der Waals surface area contributed by atoms with E-state index >= 15 is 0 Å². The Hall–Kier alpha value is -1.63. The molecule has 1 saturated carbocycles. The summed E-state index contributed by atoms with van der Waals surface area (Å²) in [6, 6.07) is 13.4. The monoisotopic (exact) mass is 226 g/mol. The van der Waals surface area contributed by atoms with Gasteiger partial charge in [0.15, 0.2) is 0 Å². The molecule has 0 radical (unpaired) electrons. The highest BCUT2D eigenvalue weighted by Gasteiger charge is 2.23. The second-order valence-corrected chi connectivity index (χ2v) is 4.86. The molecule has 1 aliphatic rings. The van der Waals surface area contributed by atoms with Gasteiger partial charge in [0.2, 0.25) is 0 Å². The van der Waals surface area contributed by atoms with Crippen molar-refractivity contribution in [3.63, 3.8) is 0 Å². The predicted octanol–water partition coefficient (Wildman–Crippen LogP) is 4.68. The van der Waals surface area contributed by atoms with Crippen LogP contribution in [0.3, 0.4) is 0 Å². The fourth-order valence-electron chi connectivity index (χ4n) is 2.25. The smallest absolute Gasteiger partial charge is 0.123 e. The van der Waals surface area contributed by atoms with Gasteiger partial charge in [-0.2, -0.15) is 0 Å². The molecule has 1 fully saturated rings. The lowest BCUT2D eigenvalue weighted by atomic mass is 9.96. The lowest BCUT2D eigenvalue weighted by Gasteiger charge is -2.08. The van der Waals surface area contributed by atoms with Crippen molar-refractivity contribution in [3.8, 4) is 11.1 Å². The molecule has 0 bridgehead atoms. The van der Waals surface area contributed by atoms with E-state index in [0.29, 0.717) is 0 Å². The van der Waals surface area contributed by atoms with Crippen molar-refractivity contribution in [2.75, 3.05) is 0 Å². The van der Waals surface area contributed by atoms with Crippen LogP contribution in [0.5, 0.6) is 0 Å². The summed E-state index contributed by atoms with van der Waals surface area (Å²) in [6.07, 6.45) is 2.62. The summed E-state index contributed by atoms with van der Waals surface area (Å²) in [5.41, 5.74) is 5.01. The molecule has 0 unspecified atom stereocenters. The van der Waals surface area contributed by atoms with E-state index in [9.17, 15) is 4.39 Å². The molecule has 0 amide bonds. The van der Waals surface area contributed by atoms with Gasteiger partial charge in [0, 0.05) is 0 Å². The number of aryl methyl sites for hydroxylation is 1. The fraction of sp³-hybridized carbons (Fsp3) is 0.250. The molecule has 1 heteroatoms. The van der Waals surface area contributed by atoms with Crippen LogP contribution in [0.1, 0.15) is 29.9 Å². The minimum Gasteiger partial charge on any atom is -0.207 e. The van der Waals surface area contributed by atoms with Crippen molar-refractivity contribution in [2.24, 2.45) is 0 Å². The summed E-state index contributed by atoms with van der Waals surface area (Å²) >= 11 is 0. The summed E-state index contributed by atoms with van der Waals surface area (Å²) in [5, 5.41) is 0. The first-order valence-electron chi connectivity index (χ1n) is 6.10. The molecular weight excluding hydrogens is 211 g/mol. The zero-order valence-corrected chi connectivity index (χ0v) is 9.91. The van der Waals surface area contributed by atoms with Crippen LogP contribution in [0.15, 0.2) is 42.5 Å². The fourth-order valence-corrected chi connectivity index (χ4v) is 2.25. The normalized spacial score (nSPS) is 14.9. The minimum atomic E-state index is -0.176. The average molecular weight is 226 g/mol. The van der Waals surface area contributed by atoms with Gasteiger partial charge in [-0.1, -0.05) is 30.3 Å². The SMILES string of the molecule is Cc1ccc(C2CC2)cc1-c1ccc(F)cc1. The maximum Gasteiger partial charge on any atom is 0.123 e. The van der Waals surface area contributed by atoms with Crippen LogP contribution in [-0.2, 0) is 0 Å². The average Bonchev–Trinajstić information content (AvgIpc) is 3.15. The zero-order chi connectivity index (χ0) is 11.8. The molecule has 0 atom stereocenters. The first kappa shape index (κ1) is 10.5. The summed E-state index contributed by atoms with van der Waals surface area (Å²) in [5.74, 6) is 0.583. The number of halogens is 1. The Morgan fingerprint density at radius 1 is 1.00 bits per heavy atom. The molecule has 0 heterocycles. The van der Waals surface area contributed by atoms with Gasteiger partial charge in [-0.3, -0.25) is 0 Å². The molecule has 2 aromatic carbocycles. The number of hydrogen-bond acceptors (Lipinski definition) is 0. The van der Waals surface area contributed by atoms with E-state index in [4.69, 9.17) is 0 Å². The first-order chi connectivity index (χ1) is 8.24. The lowest BCUT2D eigenvalue weighted by Crippen LogP contribution is -1.87. The van der Waals surface area contributed by atoms with E-state index in [0.717, 1.165) is 11.5 Å². The standard InChI is InChI=1S/C16H15F/c1-11-2-3-14(12-4-5-12)10-16(11)13-6-8-15(17)9-7-13/h2-3,6-10,12H,4-5H2,1H3. The minimum absolute atomic E-state index is 0.176. The topological polar surface area (TPSA) is 0 Å². The Balaban J connectivity index is 2.05. The van der Waals surface area contributed by atoms with Crippen LogP contribution in [-0.4, -0.2) is 0 Å². The molecular formula is C16H15F. The largest absolute Gasteiger partial charge is 0.207 e. The predicted molar refractivity (Wildman–Crippen MR) is 68.5 cm³/mol. The lowest BCUT2D eigenvalue weighted by molar-refractivity contribution is 0.628. The molecule has 0 nitrogen and oxygen atoms in total. The molecule has 0 aromatic heterocycles. The van der Waals surface area contributed by atoms with Crippen molar-refractivity contribution in [2.45, 2.75) is 25.7 Å². The van der Waals surface area contributed by atoms with Gasteiger partial charge in [0.05, 0.1) is 0 Å². The van der Waals surface area contributed by atoms with Gasteiger partial charge >= 0.3 is 0 Å². The van der Waals surface area contributed by atoms with E-state index in [1.54, 1.807) is 0 Å². The molecule has 0 saturated heterocycles. The van der Waals surface area contributed by atoms with Crippen molar-refractivity contribution < 1.29 is 4.39 Å². The summed E-state index contributed by atoms with van der Waals surface area (Å²) in [4.78, 5) is 0. The Bertz CT molecular complexity index is 536. The van der Waals surface area contributed by atoms with Crippen molar-refractivity contribution in [1.82, 2.24) is 0 Å². The quantitative estimate of drug-likeness (QED) is 0.697. The van der Waals surface area contributed by atoms with Crippen LogP contribution in [0.4, 0.5) is 4.39 Å². The van der Waals surface area contributed by atoms with E-state index in [1.165, 1.54) is 41.7 Å². The highest BCUT2D eigenvalue weighted by molar-refractivity contribution is 5.68. The van der Waals surface area contributed by atoms with Crippen LogP contribution < -0.4 is 0 Å². The Morgan fingerprint density at radius 2 is 1.71 bits per heavy atom. The van der Waals surface area contributed by atoms with Gasteiger partial charge in [-0.15, -0.1) is 0 Å². The Kier molecular flexibility index (Phi) is 2.47. The maximum atomic E-state index is 12.9. The molecule has 17 heavy (non-hydrogen) atoms. The van der Waals surface area contributed by atoms with Gasteiger partial charge in [0.25, 0.3) is 0 Å². The number of rotatable bonds is 2. The van der Waals surface area contributed by atoms with Crippen LogP contribution in [0.25, 0.3) is 11.1 Å². The van der Waals surface area contributed by atoms with Gasteiger partial charge in [-0.05, 0) is 60.1 Å². The molecule has 2 aromatic rings. The first-order valence-corrected chi connectivity index (χ1v) is 6.10. The van der Waals surface area contributed by atoms with Crippen LogP contribution in [0.2, 0.25) is 0 Å². The van der Waals surface area contributed by atoms with Crippen molar-refractivity contribution >= 4 is 0 Å². The van der Waals surface area contributed by atoms with Gasteiger partial charge in [0.1, 0.15) is 5.82 Å². The summed E-state index contributed by atoms with van der Waals surface area (Å²) in [6.45, 7) is 2.11. The molecule has 3 rings (SSSR count). The van der Waals surface area contributed by atoms with Gasteiger partial charge in [-0.25, -0.2) is 4.39 Å². The van der Waals surface area contributed by atoms with Crippen molar-refractivity contribution in [1.29, 1.82) is 0 Å². The summed E-state index contributed by atoms with van der Waals surface area (Å²) in [7, 11) is 0. The van der Waals surface area contributed by atoms with Crippen LogP contribution >= 0.6 is 0 Å². The molecule has 1 aliphatic carbocycles. The second kappa shape index (κ2) is 3.99. The molecule has 0 N–H and O–H groups in total. The third-order valence-corrected chi connectivity index (χ3v) is 3.47. The van der Waals surface area contributed by atoms with Crippen LogP contribution in [0, 0.1) is 12.7 Å². The Morgan fingerprint density at radius 3 is 2.35 bits per heavy atom. The Labute approximate surface area is 101 Å². The highest BCUT2D eigenvalue weighted by Crippen LogP contribution is 2.41. The molecule has 86 valence electrons. The maximum absolute atomic E-state index is 12.9.